The van der Waals surface area contributed by atoms with Crippen molar-refractivity contribution in [2.24, 2.45) is 0 Å². The van der Waals surface area contributed by atoms with Gasteiger partial charge in [-0.15, -0.1) is 0 Å². The minimum Gasteiger partial charge on any atom is -0.496 e. The number of aromatic nitrogens is 2. The normalized spacial score (nSPS) is 13.6. The van der Waals surface area contributed by atoms with Crippen LogP contribution in [0.4, 0.5) is 27.6 Å². The number of likely N-dealkylation sites (N-methyl/N-ethyl adjacent to an activating group) is 1. The molecule has 1 unspecified atom stereocenters. The second-order valence-corrected chi connectivity index (χ2v) is 10.9. The molecule has 0 bridgehead atoms. The number of alkyl halides is 3. The van der Waals surface area contributed by atoms with E-state index in [4.69, 9.17) is 4.74 Å². The van der Waals surface area contributed by atoms with Crippen LogP contribution in [0, 0.1) is 11.6 Å². The largest absolute Gasteiger partial charge is 0.496 e. The molecule has 45 heavy (non-hydrogen) atoms. The minimum absolute atomic E-state index is 0.0310. The molecule has 0 radical (unpaired) electrons. The van der Waals surface area contributed by atoms with Crippen LogP contribution in [0.1, 0.15) is 73.6 Å². The van der Waals surface area contributed by atoms with Crippen molar-refractivity contribution in [3.05, 3.63) is 77.1 Å². The van der Waals surface area contributed by atoms with E-state index in [0.29, 0.717) is 16.9 Å². The number of benzene rings is 2. The van der Waals surface area contributed by atoms with Crippen molar-refractivity contribution < 1.29 is 41.1 Å². The summed E-state index contributed by atoms with van der Waals surface area (Å²) in [4.78, 5) is 40.3. The molecule has 0 fully saturated rings. The van der Waals surface area contributed by atoms with Gasteiger partial charge in [-0.2, -0.15) is 18.3 Å². The van der Waals surface area contributed by atoms with Crippen LogP contribution in [0.15, 0.2) is 48.7 Å². The Hall–Kier alpha value is -4.49. The molecule has 3 atom stereocenters. The fourth-order valence-electron chi connectivity index (χ4n) is 5.04. The molecule has 3 rings (SSSR count). The van der Waals surface area contributed by atoms with Gasteiger partial charge in [0, 0.05) is 36.8 Å². The van der Waals surface area contributed by atoms with Crippen molar-refractivity contribution in [3.8, 4) is 5.75 Å². The van der Waals surface area contributed by atoms with Crippen LogP contribution in [-0.2, 0) is 9.59 Å². The third-order valence-corrected chi connectivity index (χ3v) is 7.31. The maximum atomic E-state index is 15.4. The first kappa shape index (κ1) is 35.0. The quantitative estimate of drug-likeness (QED) is 0.244. The van der Waals surface area contributed by atoms with Crippen LogP contribution in [0.25, 0.3) is 0 Å². The summed E-state index contributed by atoms with van der Waals surface area (Å²) in [5.74, 6) is -5.77. The minimum atomic E-state index is -4.63. The molecular weight excluding hydrogens is 601 g/mol. The second-order valence-electron chi connectivity index (χ2n) is 10.9. The molecule has 1 heterocycles. The number of nitrogens with one attached hydrogen (secondary N) is 2. The monoisotopic (exact) mass is 637 g/mol. The summed E-state index contributed by atoms with van der Waals surface area (Å²) in [6.45, 7) is 5.23. The molecular formula is C31H36F5N5O4. The average molecular weight is 638 g/mol. The highest BCUT2D eigenvalue weighted by molar-refractivity contribution is 6.01. The summed E-state index contributed by atoms with van der Waals surface area (Å²) in [5.41, 5.74) is 0.337. The molecule has 3 amide bonds. The SMILES string of the molecule is CC[C@@H](c1ccc(F)cc1)[C@H](NC(=O)c1ccnn1C(C)C)C(=O)Nc1cc(OC)c(C(C)C(=O)N(C)CC(F)(F)F)cc1F. The molecule has 2 aromatic carbocycles. The highest BCUT2D eigenvalue weighted by Crippen LogP contribution is 2.34. The first-order valence-corrected chi connectivity index (χ1v) is 14.2. The number of amides is 3. The Bertz CT molecular complexity index is 1510. The topological polar surface area (TPSA) is 106 Å². The number of nitrogens with zero attached hydrogens (tertiary/aromatic N) is 3. The van der Waals surface area contributed by atoms with Crippen molar-refractivity contribution in [1.82, 2.24) is 20.0 Å². The van der Waals surface area contributed by atoms with Gasteiger partial charge in [0.05, 0.1) is 18.7 Å². The van der Waals surface area contributed by atoms with E-state index in [1.54, 1.807) is 6.92 Å². The lowest BCUT2D eigenvalue weighted by atomic mass is 9.88. The molecule has 0 spiro atoms. The van der Waals surface area contributed by atoms with Crippen molar-refractivity contribution in [2.75, 3.05) is 26.0 Å². The molecule has 3 aromatic rings. The molecule has 0 saturated carbocycles. The molecule has 244 valence electrons. The lowest BCUT2D eigenvalue weighted by Gasteiger charge is -2.28. The van der Waals surface area contributed by atoms with Gasteiger partial charge < -0.3 is 20.3 Å². The molecule has 0 aliphatic heterocycles. The summed E-state index contributed by atoms with van der Waals surface area (Å²) < 4.78 is 74.4. The zero-order chi connectivity index (χ0) is 33.6. The van der Waals surface area contributed by atoms with Gasteiger partial charge in [0.25, 0.3) is 5.91 Å². The zero-order valence-electron chi connectivity index (χ0n) is 25.7. The predicted octanol–water partition coefficient (Wildman–Crippen LogP) is 5.81. The van der Waals surface area contributed by atoms with Crippen molar-refractivity contribution >= 4 is 23.4 Å². The number of hydrogen-bond donors (Lipinski definition) is 2. The van der Waals surface area contributed by atoms with Gasteiger partial charge in [-0.1, -0.05) is 19.1 Å². The Kier molecular flexibility index (Phi) is 11.3. The molecule has 0 aliphatic carbocycles. The molecule has 0 aliphatic rings. The third kappa shape index (κ3) is 8.58. The van der Waals surface area contributed by atoms with Crippen molar-refractivity contribution in [1.29, 1.82) is 0 Å². The standard InChI is InChI=1S/C31H36F5N5O4/c1-7-21(19-8-10-20(32)11-9-19)27(39-28(42)25-12-13-37-41(25)17(2)3)29(43)38-24-15-26(45-6)22(14-23(24)33)18(4)30(44)40(5)16-31(34,35)36/h8-15,17-18,21,27H,7,16H2,1-6H3,(H,38,43)(H,39,42)/t18?,21-,27-/m0/s1. The van der Waals surface area contributed by atoms with Crippen LogP contribution >= 0.6 is 0 Å². The van der Waals surface area contributed by atoms with Gasteiger partial charge >= 0.3 is 6.18 Å². The van der Waals surface area contributed by atoms with E-state index in [-0.39, 0.29) is 28.7 Å². The number of anilines is 1. The van der Waals surface area contributed by atoms with E-state index in [1.807, 2.05) is 13.8 Å². The Morgan fingerprint density at radius 2 is 1.69 bits per heavy atom. The lowest BCUT2D eigenvalue weighted by Crippen LogP contribution is -2.48. The molecule has 9 nitrogen and oxygen atoms in total. The molecule has 2 N–H and O–H groups in total. The summed E-state index contributed by atoms with van der Waals surface area (Å²) in [7, 11) is 2.21. The Morgan fingerprint density at radius 3 is 2.24 bits per heavy atom. The predicted molar refractivity (Wildman–Crippen MR) is 157 cm³/mol. The van der Waals surface area contributed by atoms with Crippen LogP contribution < -0.4 is 15.4 Å². The average Bonchev–Trinajstić information content (AvgIpc) is 3.48. The summed E-state index contributed by atoms with van der Waals surface area (Å²) in [6.07, 6.45) is -2.86. The smallest absolute Gasteiger partial charge is 0.406 e. The van der Waals surface area contributed by atoms with Crippen LogP contribution in [0.2, 0.25) is 0 Å². The fourth-order valence-corrected chi connectivity index (χ4v) is 5.04. The summed E-state index contributed by atoms with van der Waals surface area (Å²) in [6, 6.07) is 7.48. The fraction of sp³-hybridized carbons (Fsp3) is 0.419. The number of halogens is 5. The molecule has 0 saturated heterocycles. The third-order valence-electron chi connectivity index (χ3n) is 7.31. The van der Waals surface area contributed by atoms with E-state index in [1.165, 1.54) is 55.2 Å². The maximum Gasteiger partial charge on any atom is 0.406 e. The number of carbonyl (C=O) groups excluding carboxylic acids is 3. The Labute approximate surface area is 257 Å². The Balaban J connectivity index is 1.97. The lowest BCUT2D eigenvalue weighted by molar-refractivity contribution is -0.159. The van der Waals surface area contributed by atoms with Crippen molar-refractivity contribution in [2.45, 2.75) is 64.2 Å². The van der Waals surface area contributed by atoms with E-state index in [2.05, 4.69) is 15.7 Å². The first-order chi connectivity index (χ1) is 21.1. The number of carbonyl (C=O) groups is 3. The highest BCUT2D eigenvalue weighted by atomic mass is 19.4. The number of rotatable bonds is 12. The van der Waals surface area contributed by atoms with Crippen LogP contribution in [-0.4, -0.2) is 65.3 Å². The van der Waals surface area contributed by atoms with E-state index in [0.717, 1.165) is 19.2 Å². The molecule has 14 heteroatoms. The first-order valence-electron chi connectivity index (χ1n) is 14.2. The van der Waals surface area contributed by atoms with Gasteiger partial charge in [-0.05, 0) is 57.0 Å². The van der Waals surface area contributed by atoms with E-state index < -0.39 is 60.0 Å². The van der Waals surface area contributed by atoms with Crippen molar-refractivity contribution in [3.63, 3.8) is 0 Å². The van der Waals surface area contributed by atoms with Gasteiger partial charge in [0.1, 0.15) is 35.7 Å². The highest BCUT2D eigenvalue weighted by Gasteiger charge is 2.35. The van der Waals surface area contributed by atoms with Gasteiger partial charge in [0.15, 0.2) is 0 Å². The second kappa shape index (κ2) is 14.5. The maximum absolute atomic E-state index is 15.4. The van der Waals surface area contributed by atoms with E-state index >= 15 is 4.39 Å². The van der Waals surface area contributed by atoms with Gasteiger partial charge in [-0.25, -0.2) is 8.78 Å². The van der Waals surface area contributed by atoms with Gasteiger partial charge in [-0.3, -0.25) is 19.1 Å². The van der Waals surface area contributed by atoms with E-state index in [9.17, 15) is 31.9 Å². The number of ether oxygens (including phenoxy) is 1. The number of methoxy groups -OCH3 is 1. The van der Waals surface area contributed by atoms with Crippen LogP contribution in [0.3, 0.4) is 0 Å². The Morgan fingerprint density at radius 1 is 1.04 bits per heavy atom. The molecule has 1 aromatic heterocycles. The zero-order valence-corrected chi connectivity index (χ0v) is 25.7. The summed E-state index contributed by atoms with van der Waals surface area (Å²) >= 11 is 0. The summed E-state index contributed by atoms with van der Waals surface area (Å²) in [5, 5.41) is 9.34. The van der Waals surface area contributed by atoms with Crippen LogP contribution in [0.5, 0.6) is 5.75 Å². The number of hydrogen-bond acceptors (Lipinski definition) is 5. The van der Waals surface area contributed by atoms with Gasteiger partial charge in [0.2, 0.25) is 11.8 Å².